The van der Waals surface area contributed by atoms with Gasteiger partial charge in [-0.3, -0.25) is 0 Å². The predicted octanol–water partition coefficient (Wildman–Crippen LogP) is 10.9. The Bertz CT molecular complexity index is 1940. The first-order chi connectivity index (χ1) is 24.2. The molecule has 0 N–H and O–H groups in total. The Hall–Kier alpha value is -3.44. The number of fused-ring (bicyclic) bond motifs is 2. The molecule has 4 heterocycles. The van der Waals surface area contributed by atoms with Crippen molar-refractivity contribution in [2.45, 2.75) is 83.4 Å². The zero-order valence-corrected chi connectivity index (χ0v) is 32.4. The van der Waals surface area contributed by atoms with Crippen LogP contribution in [-0.2, 0) is 16.8 Å². The van der Waals surface area contributed by atoms with Crippen LogP contribution in [0.4, 0.5) is 36.6 Å². The van der Waals surface area contributed by atoms with Crippen molar-refractivity contribution in [2.24, 2.45) is 11.3 Å². The Morgan fingerprint density at radius 1 is 0.808 bits per heavy atom. The molecule has 0 aliphatic carbocycles. The van der Waals surface area contributed by atoms with Crippen molar-refractivity contribution in [3.63, 3.8) is 0 Å². The highest BCUT2D eigenvalue weighted by molar-refractivity contribution is 7.22. The van der Waals surface area contributed by atoms with E-state index in [0.717, 1.165) is 60.5 Å². The van der Waals surface area contributed by atoms with Crippen molar-refractivity contribution < 1.29 is 30.8 Å². The fourth-order valence-electron chi connectivity index (χ4n) is 5.91. The highest BCUT2D eigenvalue weighted by Crippen LogP contribution is 2.42. The van der Waals surface area contributed by atoms with Crippen LogP contribution in [0.15, 0.2) is 36.4 Å². The van der Waals surface area contributed by atoms with Gasteiger partial charge in [-0.25, -0.2) is 9.97 Å². The molecule has 4 aromatic rings. The Morgan fingerprint density at radius 3 is 1.67 bits per heavy atom. The molecule has 0 amide bonds. The highest BCUT2D eigenvalue weighted by Gasteiger charge is 2.40. The molecule has 280 valence electrons. The molecule has 2 aromatic carbocycles. The maximum atomic E-state index is 13.0. The number of anilines is 2. The van der Waals surface area contributed by atoms with Crippen molar-refractivity contribution in [1.29, 1.82) is 10.5 Å². The SMILES string of the molecule is CC(C)(C)[Si](C)(C)OCCC1(C#N)CCN(c2nc3ccc(C(F)(F)F)cc3s2)CC1.N#CC1CCN(c2nc3ccc(C(F)(F)F)cc3s2)CC1. The van der Waals surface area contributed by atoms with Gasteiger partial charge in [-0.2, -0.15) is 36.9 Å². The number of thiazole rings is 2. The van der Waals surface area contributed by atoms with Gasteiger partial charge < -0.3 is 14.2 Å². The summed E-state index contributed by atoms with van der Waals surface area (Å²) in [5, 5.41) is 20.3. The molecule has 2 aliphatic rings. The van der Waals surface area contributed by atoms with Gasteiger partial charge in [-0.05, 0) is 86.6 Å². The average Bonchev–Trinajstić information content (AvgIpc) is 3.71. The lowest BCUT2D eigenvalue weighted by Gasteiger charge is -2.39. The minimum atomic E-state index is -4.36. The number of rotatable bonds is 6. The Kier molecular flexibility index (Phi) is 11.6. The van der Waals surface area contributed by atoms with Crippen LogP contribution in [0.2, 0.25) is 18.1 Å². The zero-order chi connectivity index (χ0) is 38.1. The molecule has 52 heavy (non-hydrogen) atoms. The summed E-state index contributed by atoms with van der Waals surface area (Å²) in [5.41, 5.74) is -0.551. The molecule has 7 nitrogen and oxygen atoms in total. The Morgan fingerprint density at radius 2 is 1.27 bits per heavy atom. The van der Waals surface area contributed by atoms with Crippen molar-refractivity contribution in [2.75, 3.05) is 42.6 Å². The number of aromatic nitrogens is 2. The second-order valence-corrected chi connectivity index (χ2v) is 21.8. The molecule has 0 spiro atoms. The number of nitrogens with zero attached hydrogens (tertiary/aromatic N) is 6. The highest BCUT2D eigenvalue weighted by atomic mass is 32.1. The normalized spacial score (nSPS) is 17.5. The molecule has 0 radical (unpaired) electrons. The molecule has 0 bridgehead atoms. The zero-order valence-electron chi connectivity index (χ0n) is 29.8. The van der Waals surface area contributed by atoms with E-state index in [1.807, 2.05) is 4.90 Å². The Labute approximate surface area is 309 Å². The summed E-state index contributed by atoms with van der Waals surface area (Å²) in [7, 11) is -1.85. The monoisotopic (exact) mass is 780 g/mol. The molecule has 2 fully saturated rings. The molecule has 2 aliphatic heterocycles. The van der Waals surface area contributed by atoms with E-state index in [0.29, 0.717) is 59.4 Å². The van der Waals surface area contributed by atoms with E-state index >= 15 is 0 Å². The smallest absolute Gasteiger partial charge is 0.416 e. The third-order valence-electron chi connectivity index (χ3n) is 10.4. The molecule has 0 saturated carbocycles. The van der Waals surface area contributed by atoms with Crippen molar-refractivity contribution in [3.8, 4) is 12.1 Å². The summed E-state index contributed by atoms with van der Waals surface area (Å²) in [5.74, 6) is 0.0764. The summed E-state index contributed by atoms with van der Waals surface area (Å²) in [4.78, 5) is 13.1. The van der Waals surface area contributed by atoms with Gasteiger partial charge in [-0.1, -0.05) is 43.4 Å². The van der Waals surface area contributed by atoms with E-state index in [4.69, 9.17) is 9.69 Å². The first kappa shape index (κ1) is 39.8. The molecular formula is C36H42F6N6OS2Si. The lowest BCUT2D eigenvalue weighted by Crippen LogP contribution is -2.43. The number of nitriles is 2. The van der Waals surface area contributed by atoms with Crippen LogP contribution in [-0.4, -0.2) is 51.1 Å². The summed E-state index contributed by atoms with van der Waals surface area (Å²) in [6.45, 7) is 14.4. The number of halogens is 6. The lowest BCUT2D eigenvalue weighted by atomic mass is 9.77. The third kappa shape index (κ3) is 9.19. The molecule has 0 atom stereocenters. The van der Waals surface area contributed by atoms with Crippen LogP contribution in [0.1, 0.15) is 64.0 Å². The number of benzene rings is 2. The minimum Gasteiger partial charge on any atom is -0.417 e. The maximum absolute atomic E-state index is 13.0. The molecule has 16 heteroatoms. The molecule has 0 unspecified atom stereocenters. The minimum absolute atomic E-state index is 0.0764. The van der Waals surface area contributed by atoms with Crippen LogP contribution in [0.3, 0.4) is 0 Å². The number of hydrogen-bond donors (Lipinski definition) is 0. The lowest BCUT2D eigenvalue weighted by molar-refractivity contribution is -0.138. The van der Waals surface area contributed by atoms with E-state index in [-0.39, 0.29) is 11.0 Å². The van der Waals surface area contributed by atoms with E-state index in [1.165, 1.54) is 34.8 Å². The van der Waals surface area contributed by atoms with Gasteiger partial charge >= 0.3 is 12.4 Å². The number of piperidine rings is 2. The van der Waals surface area contributed by atoms with Gasteiger partial charge in [0, 0.05) is 38.7 Å². The second-order valence-electron chi connectivity index (χ2n) is 15.0. The van der Waals surface area contributed by atoms with Gasteiger partial charge in [-0.15, -0.1) is 0 Å². The van der Waals surface area contributed by atoms with Crippen LogP contribution >= 0.6 is 22.7 Å². The fourth-order valence-corrected chi connectivity index (χ4v) is 9.07. The quantitative estimate of drug-likeness (QED) is 0.142. The Balaban J connectivity index is 0.000000216. The standard InChI is InChI=1S/C22H30F3N3OSSi.C14H12F3N3S/c1-20(2,3)31(4,5)29-13-10-21(15-26)8-11-28(12-9-21)19-27-17-7-6-16(22(23,24)25)14-18(17)30-19;15-14(16,17)10-1-2-11-12(7-10)21-13(19-11)20-5-3-9(8-18)4-6-20/h6-7,14H,8-13H2,1-5H3;1-2,7,9H,3-6H2. The number of alkyl halides is 6. The first-order valence-electron chi connectivity index (χ1n) is 17.1. The van der Waals surface area contributed by atoms with Gasteiger partial charge in [0.15, 0.2) is 18.6 Å². The number of hydrogen-bond acceptors (Lipinski definition) is 9. The molecule has 6 rings (SSSR count). The first-order valence-corrected chi connectivity index (χ1v) is 21.7. The van der Waals surface area contributed by atoms with Crippen molar-refractivity contribution >= 4 is 61.7 Å². The topological polar surface area (TPSA) is 89.1 Å². The average molecular weight is 781 g/mol. The summed E-state index contributed by atoms with van der Waals surface area (Å²) in [6.07, 6.45) is -5.02. The summed E-state index contributed by atoms with van der Waals surface area (Å²) in [6, 6.07) is 12.1. The van der Waals surface area contributed by atoms with E-state index in [9.17, 15) is 31.6 Å². The van der Waals surface area contributed by atoms with E-state index < -0.39 is 37.2 Å². The van der Waals surface area contributed by atoms with Crippen LogP contribution in [0, 0.1) is 34.0 Å². The summed E-state index contributed by atoms with van der Waals surface area (Å²) < 4.78 is 84.4. The third-order valence-corrected chi connectivity index (χ3v) is 17.1. The van der Waals surface area contributed by atoms with Gasteiger partial charge in [0.1, 0.15) is 0 Å². The fraction of sp³-hybridized carbons (Fsp3) is 0.556. The molecular weight excluding hydrogens is 739 g/mol. The summed E-state index contributed by atoms with van der Waals surface area (Å²) >= 11 is 2.55. The second kappa shape index (κ2) is 15.1. The largest absolute Gasteiger partial charge is 0.417 e. The van der Waals surface area contributed by atoms with Gasteiger partial charge in [0.2, 0.25) is 0 Å². The van der Waals surface area contributed by atoms with Crippen LogP contribution in [0.25, 0.3) is 20.4 Å². The predicted molar refractivity (Wildman–Crippen MR) is 197 cm³/mol. The van der Waals surface area contributed by atoms with Crippen LogP contribution in [0.5, 0.6) is 0 Å². The maximum Gasteiger partial charge on any atom is 0.416 e. The van der Waals surface area contributed by atoms with Crippen molar-refractivity contribution in [3.05, 3.63) is 47.5 Å². The molecule has 2 aromatic heterocycles. The van der Waals surface area contributed by atoms with E-state index in [1.54, 1.807) is 0 Å². The van der Waals surface area contributed by atoms with Gasteiger partial charge in [0.05, 0.1) is 49.1 Å². The van der Waals surface area contributed by atoms with Crippen molar-refractivity contribution in [1.82, 2.24) is 9.97 Å². The van der Waals surface area contributed by atoms with E-state index in [2.05, 4.69) is 60.9 Å². The van der Waals surface area contributed by atoms with Crippen LogP contribution < -0.4 is 9.80 Å². The van der Waals surface area contributed by atoms with Gasteiger partial charge in [0.25, 0.3) is 0 Å². The molecule has 2 saturated heterocycles.